The zero-order valence-corrected chi connectivity index (χ0v) is 15.8. The molecule has 0 fully saturated rings. The van der Waals surface area contributed by atoms with Crippen LogP contribution in [0.1, 0.15) is 23.0 Å². The van der Waals surface area contributed by atoms with Crippen molar-refractivity contribution in [1.82, 2.24) is 4.57 Å². The number of rotatable bonds is 5. The van der Waals surface area contributed by atoms with Gasteiger partial charge in [0.25, 0.3) is 0 Å². The van der Waals surface area contributed by atoms with Crippen LogP contribution in [0.15, 0.2) is 54.7 Å². The lowest BCUT2D eigenvalue weighted by Crippen LogP contribution is -2.10. The van der Waals surface area contributed by atoms with Gasteiger partial charge in [0.15, 0.2) is 0 Å². The quantitative estimate of drug-likeness (QED) is 0.461. The molecule has 0 saturated heterocycles. The third-order valence-electron chi connectivity index (χ3n) is 4.52. The second-order valence-electron chi connectivity index (χ2n) is 6.25. The number of nitrogens with zero attached hydrogens (tertiary/aromatic N) is 3. The van der Waals surface area contributed by atoms with E-state index in [1.54, 1.807) is 24.7 Å². The monoisotopic (exact) mass is 369 g/mol. The Hall–Kier alpha value is -3.83. The molecule has 2 aromatic carbocycles. The highest BCUT2D eigenvalue weighted by Crippen LogP contribution is 2.37. The number of carbonyl (C=O) groups is 1. The van der Waals surface area contributed by atoms with Crippen LogP contribution in [0.25, 0.3) is 27.1 Å². The van der Waals surface area contributed by atoms with Crippen molar-refractivity contribution in [3.05, 3.63) is 77.4 Å². The minimum absolute atomic E-state index is 0.269. The van der Waals surface area contributed by atoms with Gasteiger partial charge in [-0.1, -0.05) is 48.5 Å². The van der Waals surface area contributed by atoms with E-state index in [4.69, 9.17) is 16.6 Å². The van der Waals surface area contributed by atoms with Crippen LogP contribution < -0.4 is 0 Å². The Kier molecular flexibility index (Phi) is 5.58. The zero-order chi connectivity index (χ0) is 20.1. The molecule has 0 aliphatic rings. The molecule has 1 aromatic heterocycles. The molecule has 3 aromatic rings. The fourth-order valence-electron chi connectivity index (χ4n) is 3.28. The largest absolute Gasteiger partial charge is 0.461 e. The van der Waals surface area contributed by atoms with Crippen LogP contribution in [0.3, 0.4) is 0 Å². The van der Waals surface area contributed by atoms with Gasteiger partial charge in [-0.15, -0.1) is 0 Å². The highest BCUT2D eigenvalue weighted by atomic mass is 16.5. The Morgan fingerprint density at radius 1 is 1.18 bits per heavy atom. The third kappa shape index (κ3) is 3.51. The van der Waals surface area contributed by atoms with Gasteiger partial charge in [0.05, 0.1) is 25.7 Å². The van der Waals surface area contributed by atoms with E-state index in [1.807, 2.05) is 48.5 Å². The van der Waals surface area contributed by atoms with Gasteiger partial charge in [-0.25, -0.2) is 9.64 Å². The Morgan fingerprint density at radius 2 is 1.86 bits per heavy atom. The van der Waals surface area contributed by atoms with Gasteiger partial charge in [0.2, 0.25) is 5.69 Å². The molecule has 5 heteroatoms. The smallest absolute Gasteiger partial charge is 0.354 e. The molecule has 0 aliphatic heterocycles. The summed E-state index contributed by atoms with van der Waals surface area (Å²) in [5, 5.41) is 9.05. The summed E-state index contributed by atoms with van der Waals surface area (Å²) in [6.07, 6.45) is 1.98. The topological polar surface area (TPSA) is 59.4 Å². The Labute approximate surface area is 164 Å². The maximum Gasteiger partial charge on any atom is 0.354 e. The summed E-state index contributed by atoms with van der Waals surface area (Å²) in [5.74, 6) is -0.446. The summed E-state index contributed by atoms with van der Waals surface area (Å²) in [6.45, 7) is 9.49. The van der Waals surface area contributed by atoms with Crippen molar-refractivity contribution >= 4 is 11.7 Å². The van der Waals surface area contributed by atoms with Crippen molar-refractivity contribution in [3.63, 3.8) is 0 Å². The molecular weight excluding hydrogens is 350 g/mol. The molecule has 0 spiro atoms. The van der Waals surface area contributed by atoms with Crippen molar-refractivity contribution in [2.24, 2.45) is 7.05 Å². The summed E-state index contributed by atoms with van der Waals surface area (Å²) in [5.41, 5.74) is 5.07. The molecule has 138 valence electrons. The van der Waals surface area contributed by atoms with E-state index in [-0.39, 0.29) is 6.61 Å². The Balaban J connectivity index is 2.07. The summed E-state index contributed by atoms with van der Waals surface area (Å²) >= 11 is 0. The molecule has 0 atom stereocenters. The molecule has 1 heterocycles. The van der Waals surface area contributed by atoms with Gasteiger partial charge >= 0.3 is 5.97 Å². The average Bonchev–Trinajstić information content (AvgIpc) is 3.05. The van der Waals surface area contributed by atoms with Crippen LogP contribution >= 0.6 is 0 Å². The standard InChI is InChI=1S/C23H19N3O2/c1-4-28-23(27)22-21(20(25-2)15-26(22)3)18-11-9-17(10-12-18)19-8-6-5-7-16(19)13-14-24/h5-12,15H,4,13H2,1,3H3. The Bertz CT molecular complexity index is 1100. The molecule has 0 amide bonds. The van der Waals surface area contributed by atoms with Crippen molar-refractivity contribution in [3.8, 4) is 28.3 Å². The number of hydrogen-bond acceptors (Lipinski definition) is 3. The lowest BCUT2D eigenvalue weighted by molar-refractivity contribution is 0.0516. The van der Waals surface area contributed by atoms with E-state index in [2.05, 4.69) is 10.9 Å². The van der Waals surface area contributed by atoms with E-state index < -0.39 is 5.97 Å². The molecular formula is C23H19N3O2. The third-order valence-corrected chi connectivity index (χ3v) is 4.52. The van der Waals surface area contributed by atoms with E-state index in [1.165, 1.54) is 0 Å². The maximum atomic E-state index is 12.4. The van der Waals surface area contributed by atoms with E-state index >= 15 is 0 Å². The van der Waals surface area contributed by atoms with Gasteiger partial charge in [-0.2, -0.15) is 5.26 Å². The molecule has 5 nitrogen and oxygen atoms in total. The second-order valence-corrected chi connectivity index (χ2v) is 6.25. The molecule has 0 radical (unpaired) electrons. The minimum Gasteiger partial charge on any atom is -0.461 e. The van der Waals surface area contributed by atoms with Crippen molar-refractivity contribution in [2.75, 3.05) is 6.61 Å². The number of ether oxygens (including phenoxy) is 1. The zero-order valence-electron chi connectivity index (χ0n) is 15.8. The van der Waals surface area contributed by atoms with Crippen LogP contribution in [0.2, 0.25) is 0 Å². The SMILES string of the molecule is [C-]#[N+]c1cn(C)c(C(=O)OCC)c1-c1ccc(-c2ccccc2CC#N)cc1. The van der Waals surface area contributed by atoms with Crippen LogP contribution in [-0.4, -0.2) is 17.1 Å². The van der Waals surface area contributed by atoms with E-state index in [9.17, 15) is 4.79 Å². The number of benzene rings is 2. The molecule has 0 N–H and O–H groups in total. The highest BCUT2D eigenvalue weighted by molar-refractivity contribution is 6.00. The molecule has 0 bridgehead atoms. The van der Waals surface area contributed by atoms with Crippen LogP contribution in [-0.2, 0) is 18.2 Å². The van der Waals surface area contributed by atoms with Gasteiger partial charge in [0.1, 0.15) is 5.69 Å². The molecule has 0 unspecified atom stereocenters. The molecule has 0 aliphatic carbocycles. The fraction of sp³-hybridized carbons (Fsp3) is 0.174. The van der Waals surface area contributed by atoms with Gasteiger partial charge in [-0.05, 0) is 29.2 Å². The first-order chi connectivity index (χ1) is 13.6. The van der Waals surface area contributed by atoms with Crippen molar-refractivity contribution < 1.29 is 9.53 Å². The number of aromatic nitrogens is 1. The summed E-state index contributed by atoms with van der Waals surface area (Å²) in [6, 6.07) is 17.7. The maximum absolute atomic E-state index is 12.4. The lowest BCUT2D eigenvalue weighted by atomic mass is 9.95. The molecule has 0 saturated carbocycles. The van der Waals surface area contributed by atoms with Crippen LogP contribution in [0, 0.1) is 17.9 Å². The van der Waals surface area contributed by atoms with E-state index in [0.29, 0.717) is 23.4 Å². The number of hydrogen-bond donors (Lipinski definition) is 0. The number of esters is 1. The molecule has 28 heavy (non-hydrogen) atoms. The second kappa shape index (κ2) is 8.24. The van der Waals surface area contributed by atoms with Crippen LogP contribution in [0.4, 0.5) is 5.69 Å². The normalized spacial score (nSPS) is 10.1. The summed E-state index contributed by atoms with van der Waals surface area (Å²) in [4.78, 5) is 16.0. The van der Waals surface area contributed by atoms with Gasteiger partial charge < -0.3 is 9.30 Å². The predicted octanol–water partition coefficient (Wildman–Crippen LogP) is 5.15. The van der Waals surface area contributed by atoms with E-state index in [0.717, 1.165) is 22.3 Å². The van der Waals surface area contributed by atoms with Gasteiger partial charge in [0, 0.05) is 18.8 Å². The summed E-state index contributed by atoms with van der Waals surface area (Å²) < 4.78 is 6.81. The summed E-state index contributed by atoms with van der Waals surface area (Å²) in [7, 11) is 1.73. The van der Waals surface area contributed by atoms with Gasteiger partial charge in [-0.3, -0.25) is 0 Å². The lowest BCUT2D eigenvalue weighted by Gasteiger charge is -2.10. The predicted molar refractivity (Wildman–Crippen MR) is 108 cm³/mol. The first kappa shape index (κ1) is 18.9. The highest BCUT2D eigenvalue weighted by Gasteiger charge is 2.22. The molecule has 3 rings (SSSR count). The van der Waals surface area contributed by atoms with Crippen LogP contribution in [0.5, 0.6) is 0 Å². The van der Waals surface area contributed by atoms with Crippen molar-refractivity contribution in [1.29, 1.82) is 5.26 Å². The number of aryl methyl sites for hydroxylation is 1. The number of nitriles is 1. The first-order valence-corrected chi connectivity index (χ1v) is 8.90. The Morgan fingerprint density at radius 3 is 2.50 bits per heavy atom. The minimum atomic E-state index is -0.446. The average molecular weight is 369 g/mol. The first-order valence-electron chi connectivity index (χ1n) is 8.90. The van der Waals surface area contributed by atoms with Crippen molar-refractivity contribution in [2.45, 2.75) is 13.3 Å². The number of carbonyl (C=O) groups excluding carboxylic acids is 1. The fourth-order valence-corrected chi connectivity index (χ4v) is 3.28.